The topological polar surface area (TPSA) is 89.8 Å². The van der Waals surface area contributed by atoms with E-state index in [1.165, 1.54) is 32.1 Å². The summed E-state index contributed by atoms with van der Waals surface area (Å²) >= 11 is 6.42. The molecule has 2 aliphatic rings. The van der Waals surface area contributed by atoms with Gasteiger partial charge >= 0.3 is 5.97 Å². The third-order valence-corrected chi connectivity index (χ3v) is 7.13. The fraction of sp³-hybridized carbons (Fsp3) is 0.407. The summed E-state index contributed by atoms with van der Waals surface area (Å²) in [4.78, 5) is 24.0. The number of carbonyl (C=O) groups is 2. The van der Waals surface area contributed by atoms with Crippen molar-refractivity contribution in [2.24, 2.45) is 7.05 Å². The Morgan fingerprint density at radius 1 is 1.09 bits per heavy atom. The zero-order valence-corrected chi connectivity index (χ0v) is 20.9. The summed E-state index contributed by atoms with van der Waals surface area (Å²) in [6, 6.07) is 12.6. The molecule has 1 saturated carbocycles. The molecule has 2 aromatic carbocycles. The average Bonchev–Trinajstić information content (AvgIpc) is 3.50. The van der Waals surface area contributed by atoms with E-state index < -0.39 is 11.5 Å². The van der Waals surface area contributed by atoms with Crippen LogP contribution in [-0.4, -0.2) is 41.9 Å². The van der Waals surface area contributed by atoms with E-state index in [0.29, 0.717) is 35.2 Å². The zero-order chi connectivity index (χ0) is 25.0. The Morgan fingerprint density at radius 2 is 1.71 bits per heavy atom. The first-order valence-electron chi connectivity index (χ1n) is 11.9. The molecule has 5 rings (SSSR count). The molecule has 35 heavy (non-hydrogen) atoms. The van der Waals surface area contributed by atoms with Crippen molar-refractivity contribution in [1.82, 2.24) is 9.88 Å². The minimum absolute atomic E-state index is 0.0453. The van der Waals surface area contributed by atoms with Gasteiger partial charge in [-0.3, -0.25) is 9.59 Å². The number of carboxylic acids is 1. The Kier molecular flexibility index (Phi) is 7.67. The van der Waals surface area contributed by atoms with Crippen molar-refractivity contribution in [1.29, 1.82) is 0 Å². The second kappa shape index (κ2) is 10.7. The van der Waals surface area contributed by atoms with Gasteiger partial charge in [0.05, 0.1) is 37.3 Å². The van der Waals surface area contributed by atoms with Crippen LogP contribution < -0.4 is 10.1 Å². The van der Waals surface area contributed by atoms with Gasteiger partial charge in [-0.2, -0.15) is 0 Å². The van der Waals surface area contributed by atoms with Crippen molar-refractivity contribution in [3.05, 3.63) is 64.3 Å². The van der Waals surface area contributed by atoms with Crippen molar-refractivity contribution >= 4 is 34.4 Å². The molecule has 2 N–H and O–H groups in total. The van der Waals surface area contributed by atoms with Gasteiger partial charge in [0.25, 0.3) is 5.91 Å². The lowest BCUT2D eigenvalue weighted by Gasteiger charge is -2.42. The molecule has 2 heterocycles. The molecular weight excluding hydrogens is 468 g/mol. The number of aryl methyl sites for hydroxylation is 1. The number of amides is 1. The lowest BCUT2D eigenvalue weighted by Crippen LogP contribution is -2.59. The van der Waals surface area contributed by atoms with Gasteiger partial charge < -0.3 is 24.5 Å². The number of rotatable bonds is 6. The summed E-state index contributed by atoms with van der Waals surface area (Å²) in [5.74, 6) is -0.586. The van der Waals surface area contributed by atoms with Crippen molar-refractivity contribution in [2.75, 3.05) is 20.3 Å². The number of benzene rings is 2. The second-order valence-electron chi connectivity index (χ2n) is 9.17. The number of methoxy groups -OCH3 is 1. The molecule has 0 spiro atoms. The van der Waals surface area contributed by atoms with Crippen LogP contribution in [0.4, 0.5) is 0 Å². The molecule has 3 aromatic rings. The Labute approximate surface area is 210 Å². The number of fused-ring (bicyclic) bond motifs is 1. The predicted molar refractivity (Wildman–Crippen MR) is 135 cm³/mol. The fourth-order valence-corrected chi connectivity index (χ4v) is 4.92. The van der Waals surface area contributed by atoms with E-state index in [1.54, 1.807) is 35.9 Å². The number of halogens is 1. The lowest BCUT2D eigenvalue weighted by atomic mass is 9.87. The van der Waals surface area contributed by atoms with Crippen LogP contribution in [0.2, 0.25) is 5.02 Å². The molecule has 2 fully saturated rings. The summed E-state index contributed by atoms with van der Waals surface area (Å²) in [5.41, 5.74) is 2.20. The molecule has 7 nitrogen and oxygen atoms in total. The summed E-state index contributed by atoms with van der Waals surface area (Å²) < 4.78 is 12.5. The highest BCUT2D eigenvalue weighted by molar-refractivity contribution is 6.37. The molecule has 1 aliphatic carbocycles. The third kappa shape index (κ3) is 5.31. The molecule has 1 saturated heterocycles. The Bertz CT molecular complexity index is 1200. The first kappa shape index (κ1) is 25.1. The predicted octanol–water partition coefficient (Wildman–Crippen LogP) is 5.07. The van der Waals surface area contributed by atoms with Crippen LogP contribution in [0.5, 0.6) is 5.75 Å². The average molecular weight is 499 g/mol. The number of hydrogen-bond donors (Lipinski definition) is 2. The van der Waals surface area contributed by atoms with Crippen molar-refractivity contribution in [2.45, 2.75) is 44.1 Å². The van der Waals surface area contributed by atoms with Crippen LogP contribution in [0, 0.1) is 0 Å². The van der Waals surface area contributed by atoms with E-state index in [2.05, 4.69) is 5.32 Å². The number of nitrogens with zero attached hydrogens (tertiary/aromatic N) is 1. The van der Waals surface area contributed by atoms with Crippen LogP contribution in [-0.2, 0) is 28.5 Å². The molecule has 0 bridgehead atoms. The van der Waals surface area contributed by atoms with E-state index in [0.717, 1.165) is 16.5 Å². The standard InChI is InChI=1S/C22H21ClN2O5.C5H10/c1-25-16-7-8-18(29-2)20(23)15(16)10-17(25)21(28)24-22(11-30-12-22)14-5-3-13(4-6-14)9-19(26)27;1-2-4-5-3-1/h3-8,10H,9,11-12H2,1-2H3,(H,24,28)(H,26,27);1-5H2. The van der Waals surface area contributed by atoms with Crippen LogP contribution >= 0.6 is 11.6 Å². The molecular formula is C27H31ClN2O5. The number of aliphatic carboxylic acids is 1. The van der Waals surface area contributed by atoms with E-state index in [1.807, 2.05) is 25.2 Å². The van der Waals surface area contributed by atoms with Crippen molar-refractivity contribution < 1.29 is 24.2 Å². The third-order valence-electron chi connectivity index (χ3n) is 6.74. The molecule has 1 aromatic heterocycles. The number of carboxylic acid groups (broad SMARTS) is 1. The maximum atomic E-state index is 13.2. The summed E-state index contributed by atoms with van der Waals surface area (Å²) in [6.07, 6.45) is 7.45. The molecule has 1 amide bonds. The highest BCUT2D eigenvalue weighted by atomic mass is 35.5. The van der Waals surface area contributed by atoms with E-state index in [4.69, 9.17) is 26.2 Å². The minimum Gasteiger partial charge on any atom is -0.495 e. The van der Waals surface area contributed by atoms with Gasteiger partial charge in [0.1, 0.15) is 17.0 Å². The number of aromatic nitrogens is 1. The molecule has 8 heteroatoms. The SMILES string of the molecule is C1CCCC1.COc1ccc2c(cc(C(=O)NC3(c4ccc(CC(=O)O)cc4)COC3)n2C)c1Cl. The summed E-state index contributed by atoms with van der Waals surface area (Å²) in [5, 5.41) is 13.2. The molecule has 0 atom stereocenters. The minimum atomic E-state index is -0.885. The normalized spacial score (nSPS) is 16.2. The van der Waals surface area contributed by atoms with Crippen LogP contribution in [0.25, 0.3) is 10.9 Å². The smallest absolute Gasteiger partial charge is 0.307 e. The maximum Gasteiger partial charge on any atom is 0.307 e. The Hall–Kier alpha value is -3.03. The van der Waals surface area contributed by atoms with Crippen LogP contribution in [0.1, 0.15) is 53.7 Å². The summed E-state index contributed by atoms with van der Waals surface area (Å²) in [6.45, 7) is 0.686. The monoisotopic (exact) mass is 498 g/mol. The van der Waals surface area contributed by atoms with Gasteiger partial charge in [-0.15, -0.1) is 0 Å². The van der Waals surface area contributed by atoms with Crippen molar-refractivity contribution in [3.63, 3.8) is 0 Å². The van der Waals surface area contributed by atoms with Gasteiger partial charge in [0, 0.05) is 12.4 Å². The number of ether oxygens (including phenoxy) is 2. The van der Waals surface area contributed by atoms with Gasteiger partial charge in [-0.1, -0.05) is 68.0 Å². The van der Waals surface area contributed by atoms with Gasteiger partial charge in [-0.05, 0) is 29.3 Å². The fourth-order valence-electron chi connectivity index (χ4n) is 4.63. The quantitative estimate of drug-likeness (QED) is 0.495. The van der Waals surface area contributed by atoms with Gasteiger partial charge in [-0.25, -0.2) is 0 Å². The van der Waals surface area contributed by atoms with Crippen molar-refractivity contribution in [3.8, 4) is 5.75 Å². The van der Waals surface area contributed by atoms with E-state index >= 15 is 0 Å². The zero-order valence-electron chi connectivity index (χ0n) is 20.1. The Balaban J connectivity index is 0.000000514. The molecule has 0 unspecified atom stereocenters. The molecule has 186 valence electrons. The first-order chi connectivity index (χ1) is 16.8. The largest absolute Gasteiger partial charge is 0.495 e. The number of hydrogen-bond acceptors (Lipinski definition) is 4. The summed E-state index contributed by atoms with van der Waals surface area (Å²) in [7, 11) is 3.36. The highest BCUT2D eigenvalue weighted by Crippen LogP contribution is 2.35. The van der Waals surface area contributed by atoms with E-state index in [-0.39, 0.29) is 12.3 Å². The molecule has 1 aliphatic heterocycles. The van der Waals surface area contributed by atoms with Gasteiger partial charge in [0.15, 0.2) is 0 Å². The first-order valence-corrected chi connectivity index (χ1v) is 12.3. The van der Waals surface area contributed by atoms with E-state index in [9.17, 15) is 9.59 Å². The lowest BCUT2D eigenvalue weighted by molar-refractivity contribution is -0.136. The second-order valence-corrected chi connectivity index (χ2v) is 9.55. The number of carbonyl (C=O) groups excluding carboxylic acids is 1. The molecule has 0 radical (unpaired) electrons. The van der Waals surface area contributed by atoms with Crippen LogP contribution in [0.15, 0.2) is 42.5 Å². The Morgan fingerprint density at radius 3 is 2.23 bits per heavy atom. The number of nitrogens with one attached hydrogen (secondary N) is 1. The van der Waals surface area contributed by atoms with Gasteiger partial charge in [0.2, 0.25) is 0 Å². The highest BCUT2D eigenvalue weighted by Gasteiger charge is 2.42. The maximum absolute atomic E-state index is 13.2. The van der Waals surface area contributed by atoms with Crippen LogP contribution in [0.3, 0.4) is 0 Å².